The van der Waals surface area contributed by atoms with Crippen molar-refractivity contribution in [3.05, 3.63) is 18.2 Å². The first-order valence-electron chi connectivity index (χ1n) is 6.50. The number of anilines is 2. The van der Waals surface area contributed by atoms with Crippen molar-refractivity contribution in [1.29, 1.82) is 0 Å². The van der Waals surface area contributed by atoms with Crippen LogP contribution in [0.15, 0.2) is 23.1 Å². The molecule has 7 nitrogen and oxygen atoms in total. The van der Waals surface area contributed by atoms with E-state index in [4.69, 9.17) is 10.5 Å². The van der Waals surface area contributed by atoms with Crippen molar-refractivity contribution in [3.63, 3.8) is 0 Å². The Morgan fingerprint density at radius 2 is 2.10 bits per heavy atom. The molecule has 0 bridgehead atoms. The molecule has 1 atom stereocenters. The Labute approximate surface area is 125 Å². The number of aliphatic hydroxyl groups is 1. The minimum absolute atomic E-state index is 0.109. The fourth-order valence-electron chi connectivity index (χ4n) is 1.67. The van der Waals surface area contributed by atoms with Crippen LogP contribution in [0, 0.1) is 0 Å². The molecule has 1 rings (SSSR count). The third-order valence-electron chi connectivity index (χ3n) is 3.11. The van der Waals surface area contributed by atoms with Crippen LogP contribution in [0.4, 0.5) is 11.4 Å². The fraction of sp³-hybridized carbons (Fsp3) is 0.538. The average molecular weight is 317 g/mol. The Morgan fingerprint density at radius 1 is 1.43 bits per heavy atom. The molecule has 0 spiro atoms. The summed E-state index contributed by atoms with van der Waals surface area (Å²) in [5.74, 6) is 0. The highest BCUT2D eigenvalue weighted by atomic mass is 32.2. The van der Waals surface area contributed by atoms with Crippen LogP contribution < -0.4 is 15.8 Å². The molecule has 8 heteroatoms. The van der Waals surface area contributed by atoms with Gasteiger partial charge in [0.15, 0.2) is 0 Å². The fourth-order valence-corrected chi connectivity index (χ4v) is 2.43. The van der Waals surface area contributed by atoms with Crippen molar-refractivity contribution in [2.24, 2.45) is 0 Å². The minimum atomic E-state index is -3.53. The first kappa shape index (κ1) is 17.7. The lowest BCUT2D eigenvalue weighted by molar-refractivity contribution is 0.0358. The summed E-state index contributed by atoms with van der Waals surface area (Å²) < 4.78 is 30.7. The van der Waals surface area contributed by atoms with E-state index in [0.29, 0.717) is 24.4 Å². The van der Waals surface area contributed by atoms with Gasteiger partial charge in [0, 0.05) is 26.7 Å². The first-order chi connectivity index (χ1) is 9.72. The molecule has 0 saturated heterocycles. The van der Waals surface area contributed by atoms with E-state index in [0.717, 1.165) is 0 Å². The number of methoxy groups -OCH3 is 1. The number of rotatable bonds is 8. The van der Waals surface area contributed by atoms with Crippen LogP contribution in [0.5, 0.6) is 0 Å². The van der Waals surface area contributed by atoms with E-state index in [1.54, 1.807) is 14.0 Å². The molecule has 5 N–H and O–H groups in total. The number of hydrogen-bond acceptors (Lipinski definition) is 6. The third-order valence-corrected chi connectivity index (χ3v) is 4.52. The molecule has 21 heavy (non-hydrogen) atoms. The van der Waals surface area contributed by atoms with Gasteiger partial charge in [-0.1, -0.05) is 0 Å². The van der Waals surface area contributed by atoms with Gasteiger partial charge in [-0.3, -0.25) is 0 Å². The number of nitrogen functional groups attached to an aromatic ring is 1. The van der Waals surface area contributed by atoms with Gasteiger partial charge in [-0.15, -0.1) is 0 Å². The molecule has 1 aromatic rings. The SMILES string of the molecule is CNS(=O)(=O)c1ccc(N)c(NCC(C)(O)CCOC)c1. The summed E-state index contributed by atoms with van der Waals surface area (Å²) in [5.41, 5.74) is 5.71. The predicted molar refractivity (Wildman–Crippen MR) is 82.7 cm³/mol. The zero-order valence-corrected chi connectivity index (χ0v) is 13.3. The highest BCUT2D eigenvalue weighted by molar-refractivity contribution is 7.89. The molecule has 1 aromatic carbocycles. The average Bonchev–Trinajstić information content (AvgIpc) is 2.44. The Kier molecular flexibility index (Phi) is 5.97. The van der Waals surface area contributed by atoms with Crippen molar-refractivity contribution < 1.29 is 18.3 Å². The Morgan fingerprint density at radius 3 is 2.67 bits per heavy atom. The van der Waals surface area contributed by atoms with Crippen LogP contribution in [0.25, 0.3) is 0 Å². The summed E-state index contributed by atoms with van der Waals surface area (Å²) in [5, 5.41) is 13.1. The van der Waals surface area contributed by atoms with Gasteiger partial charge in [0.05, 0.1) is 21.9 Å². The molecule has 0 aliphatic rings. The number of ether oxygens (including phenoxy) is 1. The zero-order chi connectivity index (χ0) is 16.1. The molecule has 120 valence electrons. The summed E-state index contributed by atoms with van der Waals surface area (Å²) in [6, 6.07) is 4.37. The van der Waals surface area contributed by atoms with E-state index in [-0.39, 0.29) is 11.4 Å². The predicted octanol–water partition coefficient (Wildman–Crippen LogP) is 0.376. The standard InChI is InChI=1S/C13H23N3O4S/c1-13(17,6-7-20-3)9-16-12-8-10(4-5-11(12)14)21(18,19)15-2/h4-5,8,15-17H,6-7,9,14H2,1-3H3. The summed E-state index contributed by atoms with van der Waals surface area (Å²) in [4.78, 5) is 0.109. The van der Waals surface area contributed by atoms with Gasteiger partial charge in [-0.25, -0.2) is 13.1 Å². The van der Waals surface area contributed by atoms with Crippen LogP contribution in [0.1, 0.15) is 13.3 Å². The molecule has 0 radical (unpaired) electrons. The number of nitrogens with one attached hydrogen (secondary N) is 2. The monoisotopic (exact) mass is 317 g/mol. The summed E-state index contributed by atoms with van der Waals surface area (Å²) in [6.45, 7) is 2.32. The second kappa shape index (κ2) is 7.08. The van der Waals surface area contributed by atoms with Crippen molar-refractivity contribution in [3.8, 4) is 0 Å². The zero-order valence-electron chi connectivity index (χ0n) is 12.5. The van der Waals surface area contributed by atoms with Gasteiger partial charge in [-0.2, -0.15) is 0 Å². The van der Waals surface area contributed by atoms with Crippen LogP contribution in [0.3, 0.4) is 0 Å². The Hall–Kier alpha value is -1.35. The van der Waals surface area contributed by atoms with Crippen molar-refractivity contribution >= 4 is 21.4 Å². The van der Waals surface area contributed by atoms with Gasteiger partial charge in [0.1, 0.15) is 0 Å². The van der Waals surface area contributed by atoms with Gasteiger partial charge in [0.2, 0.25) is 10.0 Å². The van der Waals surface area contributed by atoms with E-state index >= 15 is 0 Å². The van der Waals surface area contributed by atoms with Crippen molar-refractivity contribution in [2.75, 3.05) is 38.4 Å². The molecule has 0 aliphatic heterocycles. The Balaban J connectivity index is 2.86. The molecule has 0 saturated carbocycles. The number of nitrogens with two attached hydrogens (primary N) is 1. The van der Waals surface area contributed by atoms with E-state index in [2.05, 4.69) is 10.0 Å². The summed E-state index contributed by atoms with van der Waals surface area (Å²) >= 11 is 0. The van der Waals surface area contributed by atoms with Crippen LogP contribution in [-0.4, -0.2) is 46.4 Å². The lowest BCUT2D eigenvalue weighted by atomic mass is 10.0. The molecular weight excluding hydrogens is 294 g/mol. The molecule has 0 fully saturated rings. The maximum Gasteiger partial charge on any atom is 0.240 e. The highest BCUT2D eigenvalue weighted by Crippen LogP contribution is 2.23. The highest BCUT2D eigenvalue weighted by Gasteiger charge is 2.20. The summed E-state index contributed by atoms with van der Waals surface area (Å²) in [7, 11) is -0.629. The van der Waals surface area contributed by atoms with Gasteiger partial charge in [0.25, 0.3) is 0 Å². The maximum absolute atomic E-state index is 11.8. The third kappa shape index (κ3) is 5.16. The number of sulfonamides is 1. The molecule has 0 aliphatic carbocycles. The normalized spacial score (nSPS) is 14.7. The number of benzene rings is 1. The van der Waals surface area contributed by atoms with Crippen molar-refractivity contribution in [2.45, 2.75) is 23.8 Å². The Bertz CT molecular complexity index is 573. The van der Waals surface area contributed by atoms with E-state index in [1.165, 1.54) is 25.2 Å². The van der Waals surface area contributed by atoms with Crippen molar-refractivity contribution in [1.82, 2.24) is 4.72 Å². The smallest absolute Gasteiger partial charge is 0.240 e. The van der Waals surface area contributed by atoms with Gasteiger partial charge >= 0.3 is 0 Å². The molecule has 1 unspecified atom stereocenters. The molecule has 0 heterocycles. The lowest BCUT2D eigenvalue weighted by Crippen LogP contribution is -2.34. The first-order valence-corrected chi connectivity index (χ1v) is 7.98. The largest absolute Gasteiger partial charge is 0.397 e. The van der Waals surface area contributed by atoms with E-state index in [9.17, 15) is 13.5 Å². The van der Waals surface area contributed by atoms with Crippen LogP contribution in [-0.2, 0) is 14.8 Å². The topological polar surface area (TPSA) is 114 Å². The number of hydrogen-bond donors (Lipinski definition) is 4. The van der Waals surface area contributed by atoms with Gasteiger partial charge in [-0.05, 0) is 32.2 Å². The molecule has 0 amide bonds. The molecular formula is C13H23N3O4S. The maximum atomic E-state index is 11.8. The lowest BCUT2D eigenvalue weighted by Gasteiger charge is -2.24. The quantitative estimate of drug-likeness (QED) is 0.515. The summed E-state index contributed by atoms with van der Waals surface area (Å²) in [6.07, 6.45) is 0.449. The second-order valence-corrected chi connectivity index (χ2v) is 6.94. The molecule has 0 aromatic heterocycles. The van der Waals surface area contributed by atoms with E-state index < -0.39 is 15.6 Å². The van der Waals surface area contributed by atoms with E-state index in [1.807, 2.05) is 0 Å². The van der Waals surface area contributed by atoms with Crippen LogP contribution >= 0.6 is 0 Å². The second-order valence-electron chi connectivity index (χ2n) is 5.05. The van der Waals surface area contributed by atoms with Crippen LogP contribution in [0.2, 0.25) is 0 Å². The minimum Gasteiger partial charge on any atom is -0.397 e. The van der Waals surface area contributed by atoms with Gasteiger partial charge < -0.3 is 20.9 Å².